The maximum Gasteiger partial charge on any atom is 0.148 e. The zero-order valence-electron chi connectivity index (χ0n) is 43.9. The number of phenols is 1. The molecule has 0 unspecified atom stereocenters. The molecule has 8 aromatic carbocycles. The molecule has 68 heavy (non-hydrogen) atoms. The number of fused-ring (bicyclic) bond motifs is 1. The Kier molecular flexibility index (Phi) is 11.3. The van der Waals surface area contributed by atoms with Crippen LogP contribution in [0.4, 0.5) is 0 Å². The van der Waals surface area contributed by atoms with Gasteiger partial charge in [0.05, 0.1) is 22.3 Å². The van der Waals surface area contributed by atoms with Gasteiger partial charge in [0.25, 0.3) is 0 Å². The third-order valence-electron chi connectivity index (χ3n) is 12.7. The van der Waals surface area contributed by atoms with Crippen molar-refractivity contribution in [3.8, 4) is 89.7 Å². The van der Waals surface area contributed by atoms with Gasteiger partial charge in [-0.25, -0.2) is 4.98 Å². The number of aryl methyl sites for hydroxylation is 3. The van der Waals surface area contributed by atoms with Gasteiger partial charge >= 0.3 is 0 Å². The molecule has 0 aliphatic carbocycles. The third kappa shape index (κ3) is 8.78. The van der Waals surface area contributed by atoms with Gasteiger partial charge in [0, 0.05) is 39.8 Å². The molecule has 338 valence electrons. The summed E-state index contributed by atoms with van der Waals surface area (Å²) in [6.07, 6.45) is 1.83. The minimum absolute atomic E-state index is 0. The van der Waals surface area contributed by atoms with Crippen LogP contribution in [0.25, 0.3) is 95.0 Å². The molecular weight excluding hydrogens is 1010 g/mol. The molecule has 0 amide bonds. The Labute approximate surface area is 422 Å². The van der Waals surface area contributed by atoms with Crippen molar-refractivity contribution in [2.75, 3.05) is 0 Å². The number of hydrogen-bond acceptors (Lipinski definition) is 3. The van der Waals surface area contributed by atoms with E-state index in [0.29, 0.717) is 55.9 Å². The fraction of sp³-hybridized carbons (Fsp3) is 0.143. The van der Waals surface area contributed by atoms with Crippen molar-refractivity contribution in [3.63, 3.8) is 0 Å². The Balaban J connectivity index is 0.00000656. The third-order valence-corrected chi connectivity index (χ3v) is 12.7. The quantitative estimate of drug-likeness (QED) is 0.139. The second-order valence-electron chi connectivity index (χ2n) is 17.8. The molecule has 2 aromatic heterocycles. The van der Waals surface area contributed by atoms with E-state index in [1.807, 2.05) is 122 Å². The molecule has 5 heteroatoms. The summed E-state index contributed by atoms with van der Waals surface area (Å²) < 4.78 is 47.4. The van der Waals surface area contributed by atoms with E-state index >= 15 is 0 Å². The van der Waals surface area contributed by atoms with Gasteiger partial charge in [-0.3, -0.25) is 9.55 Å². The van der Waals surface area contributed by atoms with Crippen LogP contribution in [-0.4, -0.2) is 19.6 Å². The van der Waals surface area contributed by atoms with Crippen molar-refractivity contribution in [1.82, 2.24) is 14.5 Å². The van der Waals surface area contributed by atoms with Crippen LogP contribution in [0.2, 0.25) is 0 Å². The molecule has 0 atom stereocenters. The van der Waals surface area contributed by atoms with Gasteiger partial charge < -0.3 is 5.11 Å². The molecule has 0 aliphatic heterocycles. The summed E-state index contributed by atoms with van der Waals surface area (Å²) >= 11 is 0. The maximum absolute atomic E-state index is 11.9. The summed E-state index contributed by atoms with van der Waals surface area (Å²) in [5.41, 5.74) is 15.7. The first-order valence-electron chi connectivity index (χ1n) is 25.2. The van der Waals surface area contributed by atoms with E-state index in [2.05, 4.69) is 72.8 Å². The zero-order chi connectivity index (χ0) is 50.7. The number of benzene rings is 8. The summed E-state index contributed by atoms with van der Waals surface area (Å²) in [5.74, 6) is -1.70. The van der Waals surface area contributed by atoms with E-state index in [1.54, 1.807) is 39.8 Å². The summed E-state index contributed by atoms with van der Waals surface area (Å²) in [6, 6.07) is 61.8. The molecule has 0 bridgehead atoms. The number of rotatable bonds is 10. The van der Waals surface area contributed by atoms with Crippen molar-refractivity contribution in [3.05, 3.63) is 216 Å². The Morgan fingerprint density at radius 1 is 0.559 bits per heavy atom. The monoisotopic (exact) mass is 1070 g/mol. The number of nitrogens with zero attached hydrogens (tertiary/aromatic N) is 3. The van der Waals surface area contributed by atoms with Crippen molar-refractivity contribution in [2.24, 2.45) is 0 Å². The van der Waals surface area contributed by atoms with Gasteiger partial charge in [0.2, 0.25) is 0 Å². The number of pyridine rings is 1. The number of imidazole rings is 1. The van der Waals surface area contributed by atoms with E-state index < -0.39 is 18.6 Å². The molecule has 0 aliphatic rings. The molecule has 0 spiro atoms. The minimum atomic E-state index is -2.62. The Morgan fingerprint density at radius 2 is 1.16 bits per heavy atom. The van der Waals surface area contributed by atoms with E-state index in [9.17, 15) is 5.11 Å². The zero-order valence-corrected chi connectivity index (χ0v) is 41.2. The van der Waals surface area contributed by atoms with Crippen molar-refractivity contribution in [1.29, 1.82) is 0 Å². The molecule has 0 radical (unpaired) electrons. The normalized spacial score (nSPS) is 12.9. The number of hydrogen-bond donors (Lipinski definition) is 1. The average Bonchev–Trinajstić information content (AvgIpc) is 3.76. The molecule has 2 heterocycles. The number of aromatic hydroxyl groups is 1. The summed E-state index contributed by atoms with van der Waals surface area (Å²) in [4.78, 5) is 10.3. The smallest absolute Gasteiger partial charge is 0.148 e. The first-order chi connectivity index (χ1) is 34.3. The predicted octanol–water partition coefficient (Wildman–Crippen LogP) is 16.8. The van der Waals surface area contributed by atoms with Gasteiger partial charge in [-0.05, 0) is 130 Å². The second-order valence-corrected chi connectivity index (χ2v) is 17.8. The van der Waals surface area contributed by atoms with Crippen molar-refractivity contribution < 1.29 is 33.0 Å². The van der Waals surface area contributed by atoms with Crippen LogP contribution >= 0.6 is 0 Å². The number of phenolic OH excluding ortho intramolecular Hbond substituents is 1. The Morgan fingerprint density at radius 3 is 1.82 bits per heavy atom. The van der Waals surface area contributed by atoms with E-state index in [0.717, 1.165) is 61.3 Å². The maximum atomic E-state index is 11.9. The van der Waals surface area contributed by atoms with Crippen molar-refractivity contribution >= 4 is 11.0 Å². The minimum Gasteiger partial charge on any atom is -0.507 e. The van der Waals surface area contributed by atoms with E-state index in [-0.39, 0.29) is 32.4 Å². The fourth-order valence-electron chi connectivity index (χ4n) is 9.35. The molecule has 10 aromatic rings. The van der Waals surface area contributed by atoms with Crippen LogP contribution in [0.1, 0.15) is 74.2 Å². The van der Waals surface area contributed by atoms with Crippen LogP contribution in [0.5, 0.6) is 5.75 Å². The molecule has 1 N–H and O–H groups in total. The second kappa shape index (κ2) is 19.2. The average molecular weight is 1070 g/mol. The SMILES string of the molecule is [2H]C([2H])([2H])c1cc(-c2c(C([2H])(C)C)cccc2C([2H])(C)C)ccc1-n1c(-c2cc(C)cc(C)c2O)nc2c(-c3[c-]c(-c4cc(-c5ccc(-c6ccccc6)cc5)ccn4)cc(-c4ccccc4)c3)cccc21.[Pt]. The van der Waals surface area contributed by atoms with Crippen molar-refractivity contribution in [2.45, 2.75) is 60.2 Å². The predicted molar refractivity (Wildman–Crippen MR) is 280 cm³/mol. The number of aromatic nitrogens is 3. The largest absolute Gasteiger partial charge is 0.507 e. The van der Waals surface area contributed by atoms with Gasteiger partial charge in [0.1, 0.15) is 11.6 Å². The summed E-state index contributed by atoms with van der Waals surface area (Å²) in [7, 11) is 0. The first kappa shape index (κ1) is 40.0. The van der Waals surface area contributed by atoms with Crippen LogP contribution < -0.4 is 0 Å². The van der Waals surface area contributed by atoms with Gasteiger partial charge in [0.15, 0.2) is 0 Å². The topological polar surface area (TPSA) is 50.9 Å². The Bertz CT molecular complexity index is 3640. The van der Waals surface area contributed by atoms with Gasteiger partial charge in [-0.15, -0.1) is 23.8 Å². The van der Waals surface area contributed by atoms with Crippen LogP contribution in [0, 0.1) is 26.8 Å². The molecule has 0 saturated carbocycles. The molecular formula is C63H54N3OPt-. The first-order valence-corrected chi connectivity index (χ1v) is 22.7. The summed E-state index contributed by atoms with van der Waals surface area (Å²) in [6.45, 7) is 8.40. The number of para-hydroxylation sites is 1. The Hall–Kier alpha value is -7.13. The van der Waals surface area contributed by atoms with Crippen LogP contribution in [0.15, 0.2) is 182 Å². The molecule has 0 saturated heterocycles. The molecule has 0 fully saturated rings. The fourth-order valence-corrected chi connectivity index (χ4v) is 9.35. The van der Waals surface area contributed by atoms with Crippen LogP contribution in [-0.2, 0) is 21.1 Å². The van der Waals surface area contributed by atoms with Gasteiger partial charge in [-0.2, -0.15) is 0 Å². The summed E-state index contributed by atoms with van der Waals surface area (Å²) in [5, 5.41) is 11.9. The van der Waals surface area contributed by atoms with Gasteiger partial charge in [-0.1, -0.05) is 178 Å². The van der Waals surface area contributed by atoms with E-state index in [4.69, 9.17) is 16.8 Å². The molecule has 10 rings (SSSR count). The van der Waals surface area contributed by atoms with Crippen LogP contribution in [0.3, 0.4) is 0 Å². The standard InChI is InChI=1S/C63H54N3O.Pt/c1-39(2)53-20-14-21-54(40(3)4)60(53)49-28-29-58(42(6)34-49)66-59-23-15-22-55(61(59)65-63(66)56-33-41(5)32-43(7)62(56)67)51-35-50(45-18-12-9-13-19-45)36-52(37-51)57-38-48(30-31-64-57)47-26-24-46(25-27-47)44-16-10-8-11-17-44;/h8-36,38-40,67H,1-7H3;/q-1;/i6D3,39D,40D;. The van der Waals surface area contributed by atoms with E-state index in [1.165, 1.54) is 0 Å². The molecule has 4 nitrogen and oxygen atoms in total.